The number of allylic oxidation sites excluding steroid dienone is 3. The lowest BCUT2D eigenvalue weighted by Crippen LogP contribution is -2.45. The molecule has 0 aromatic heterocycles. The van der Waals surface area contributed by atoms with Crippen LogP contribution in [0.5, 0.6) is 0 Å². The van der Waals surface area contributed by atoms with Crippen LogP contribution in [0.2, 0.25) is 0 Å². The molecule has 0 bridgehead atoms. The molecule has 224 valence electrons. The number of hydrogen-bond acceptors (Lipinski definition) is 3. The first-order valence-corrected chi connectivity index (χ1v) is 16.6. The van der Waals surface area contributed by atoms with Gasteiger partial charge in [0.2, 0.25) is 5.91 Å². The molecule has 38 heavy (non-hydrogen) atoms. The van der Waals surface area contributed by atoms with E-state index < -0.39 is 12.1 Å². The Morgan fingerprint density at radius 3 is 1.50 bits per heavy atom. The molecule has 0 fully saturated rings. The molecule has 0 saturated carbocycles. The van der Waals surface area contributed by atoms with Crippen molar-refractivity contribution in [3.8, 4) is 0 Å². The van der Waals surface area contributed by atoms with E-state index in [2.05, 4.69) is 25.2 Å². The van der Waals surface area contributed by atoms with E-state index in [-0.39, 0.29) is 12.5 Å². The highest BCUT2D eigenvalue weighted by atomic mass is 16.3. The zero-order chi connectivity index (χ0) is 27.9. The first-order valence-electron chi connectivity index (χ1n) is 16.6. The summed E-state index contributed by atoms with van der Waals surface area (Å²) in [7, 11) is 0. The van der Waals surface area contributed by atoms with Crippen LogP contribution in [0.4, 0.5) is 0 Å². The van der Waals surface area contributed by atoms with Gasteiger partial charge in [-0.25, -0.2) is 0 Å². The van der Waals surface area contributed by atoms with Crippen molar-refractivity contribution in [1.29, 1.82) is 0 Å². The number of aliphatic hydroxyl groups excluding tert-OH is 2. The molecule has 2 atom stereocenters. The molecule has 3 N–H and O–H groups in total. The van der Waals surface area contributed by atoms with Crippen LogP contribution in [0.15, 0.2) is 24.3 Å². The largest absolute Gasteiger partial charge is 0.394 e. The summed E-state index contributed by atoms with van der Waals surface area (Å²) in [5.74, 6) is -0.0827. The molecule has 0 spiro atoms. The van der Waals surface area contributed by atoms with Gasteiger partial charge < -0.3 is 15.5 Å². The van der Waals surface area contributed by atoms with Crippen LogP contribution in [-0.4, -0.2) is 34.9 Å². The van der Waals surface area contributed by atoms with Gasteiger partial charge in [0, 0.05) is 6.42 Å². The Kier molecular flexibility index (Phi) is 29.5. The molecule has 0 aromatic carbocycles. The molecule has 0 unspecified atom stereocenters. The summed E-state index contributed by atoms with van der Waals surface area (Å²) in [4.78, 5) is 12.2. The lowest BCUT2D eigenvalue weighted by Gasteiger charge is -2.19. The van der Waals surface area contributed by atoms with Crippen molar-refractivity contribution in [2.45, 2.75) is 180 Å². The molecule has 0 aliphatic carbocycles. The monoisotopic (exact) mass is 535 g/mol. The maximum atomic E-state index is 12.2. The Balaban J connectivity index is 3.68. The molecule has 0 saturated heterocycles. The van der Waals surface area contributed by atoms with E-state index in [1.807, 2.05) is 12.2 Å². The second-order valence-corrected chi connectivity index (χ2v) is 11.3. The van der Waals surface area contributed by atoms with E-state index in [1.54, 1.807) is 6.08 Å². The van der Waals surface area contributed by atoms with Crippen LogP contribution < -0.4 is 5.32 Å². The summed E-state index contributed by atoms with van der Waals surface area (Å²) in [6.07, 6.45) is 36.9. The van der Waals surface area contributed by atoms with Gasteiger partial charge in [-0.15, -0.1) is 0 Å². The van der Waals surface area contributed by atoms with Crippen LogP contribution in [-0.2, 0) is 4.79 Å². The van der Waals surface area contributed by atoms with E-state index in [0.29, 0.717) is 6.42 Å². The van der Waals surface area contributed by atoms with Crippen LogP contribution in [0.25, 0.3) is 0 Å². The molecular formula is C34H65NO3. The number of hydrogen-bond donors (Lipinski definition) is 3. The number of unbranched alkanes of at least 4 members (excludes halogenated alkanes) is 21. The van der Waals surface area contributed by atoms with Crippen molar-refractivity contribution in [1.82, 2.24) is 5.32 Å². The maximum absolute atomic E-state index is 12.2. The topological polar surface area (TPSA) is 69.6 Å². The van der Waals surface area contributed by atoms with Crippen molar-refractivity contribution in [2.24, 2.45) is 0 Å². The molecule has 0 aromatic rings. The van der Waals surface area contributed by atoms with Gasteiger partial charge >= 0.3 is 0 Å². The molecule has 4 heteroatoms. The third-order valence-corrected chi connectivity index (χ3v) is 7.49. The lowest BCUT2D eigenvalue weighted by molar-refractivity contribution is -0.123. The van der Waals surface area contributed by atoms with Gasteiger partial charge in [0.15, 0.2) is 0 Å². The Bertz CT molecular complexity index is 546. The number of amides is 1. The fourth-order valence-corrected chi connectivity index (χ4v) is 4.88. The van der Waals surface area contributed by atoms with Gasteiger partial charge in [-0.2, -0.15) is 0 Å². The summed E-state index contributed by atoms with van der Waals surface area (Å²) in [5.41, 5.74) is 0. The van der Waals surface area contributed by atoms with E-state index >= 15 is 0 Å². The van der Waals surface area contributed by atoms with Gasteiger partial charge in [-0.05, 0) is 19.3 Å². The second kappa shape index (κ2) is 30.4. The average Bonchev–Trinajstić information content (AvgIpc) is 2.92. The highest BCUT2D eigenvalue weighted by Crippen LogP contribution is 2.14. The van der Waals surface area contributed by atoms with Gasteiger partial charge in [0.25, 0.3) is 0 Å². The highest BCUT2D eigenvalue weighted by Gasteiger charge is 2.17. The minimum absolute atomic E-state index is 0.0827. The normalized spacial score (nSPS) is 13.5. The van der Waals surface area contributed by atoms with E-state index in [4.69, 9.17) is 0 Å². The summed E-state index contributed by atoms with van der Waals surface area (Å²) in [6, 6.07) is -0.647. The van der Waals surface area contributed by atoms with Crippen LogP contribution >= 0.6 is 0 Å². The molecule has 0 aliphatic heterocycles. The zero-order valence-corrected chi connectivity index (χ0v) is 25.4. The number of aliphatic hydroxyl groups is 2. The van der Waals surface area contributed by atoms with Crippen LogP contribution in [0.1, 0.15) is 168 Å². The predicted molar refractivity (Wildman–Crippen MR) is 165 cm³/mol. The Labute approximate surface area is 237 Å². The minimum Gasteiger partial charge on any atom is -0.394 e. The third kappa shape index (κ3) is 26.5. The average molecular weight is 536 g/mol. The van der Waals surface area contributed by atoms with E-state index in [0.717, 1.165) is 19.3 Å². The number of rotatable bonds is 29. The summed E-state index contributed by atoms with van der Waals surface area (Å²) in [6.45, 7) is 4.25. The predicted octanol–water partition coefficient (Wildman–Crippen LogP) is 9.34. The molecular weight excluding hydrogens is 470 g/mol. The smallest absolute Gasteiger partial charge is 0.220 e. The Morgan fingerprint density at radius 1 is 0.632 bits per heavy atom. The molecule has 0 aliphatic rings. The first-order chi connectivity index (χ1) is 18.7. The number of carbonyl (C=O) groups is 1. The molecule has 1 amide bonds. The lowest BCUT2D eigenvalue weighted by atomic mass is 10.0. The van der Waals surface area contributed by atoms with Crippen molar-refractivity contribution in [2.75, 3.05) is 6.61 Å². The molecule has 0 radical (unpaired) electrons. The summed E-state index contributed by atoms with van der Waals surface area (Å²) >= 11 is 0. The van der Waals surface area contributed by atoms with Gasteiger partial charge in [-0.1, -0.05) is 167 Å². The van der Waals surface area contributed by atoms with Gasteiger partial charge in [-0.3, -0.25) is 4.79 Å². The second-order valence-electron chi connectivity index (χ2n) is 11.3. The fraction of sp³-hybridized carbons (Fsp3) is 0.853. The Morgan fingerprint density at radius 2 is 1.05 bits per heavy atom. The van der Waals surface area contributed by atoms with E-state index in [1.165, 1.54) is 128 Å². The third-order valence-electron chi connectivity index (χ3n) is 7.49. The fourth-order valence-electron chi connectivity index (χ4n) is 4.88. The van der Waals surface area contributed by atoms with E-state index in [9.17, 15) is 15.0 Å². The highest BCUT2D eigenvalue weighted by molar-refractivity contribution is 5.76. The molecule has 0 rings (SSSR count). The maximum Gasteiger partial charge on any atom is 0.220 e. The number of nitrogens with one attached hydrogen (secondary N) is 1. The minimum atomic E-state index is -0.881. The number of carbonyl (C=O) groups excluding carboxylic acids is 1. The Hall–Kier alpha value is -1.13. The molecule has 0 heterocycles. The van der Waals surface area contributed by atoms with Crippen LogP contribution in [0.3, 0.4) is 0 Å². The first kappa shape index (κ1) is 36.9. The van der Waals surface area contributed by atoms with Crippen LogP contribution in [0, 0.1) is 0 Å². The summed E-state index contributed by atoms with van der Waals surface area (Å²) < 4.78 is 0. The van der Waals surface area contributed by atoms with Crippen molar-refractivity contribution in [3.63, 3.8) is 0 Å². The van der Waals surface area contributed by atoms with Crippen molar-refractivity contribution < 1.29 is 15.0 Å². The van der Waals surface area contributed by atoms with Crippen molar-refractivity contribution in [3.05, 3.63) is 24.3 Å². The quantitative estimate of drug-likeness (QED) is 0.0660. The SMILES string of the molecule is CCCCCCCCC/C=C/C=C/[C@@H](O)[C@H](CO)NC(=O)CCCCCCCCCCCCCCCCC. The molecule has 4 nitrogen and oxygen atoms in total. The van der Waals surface area contributed by atoms with Crippen molar-refractivity contribution >= 4 is 5.91 Å². The van der Waals surface area contributed by atoms with Gasteiger partial charge in [0.1, 0.15) is 0 Å². The standard InChI is InChI=1S/C34H65NO3/c1-3-5-7-9-11-13-15-16-17-18-20-22-24-26-28-30-34(38)35-32(31-36)33(37)29-27-25-23-21-19-14-12-10-8-6-4-2/h23,25,27,29,32-33,36-37H,3-22,24,26,28,30-31H2,1-2H3,(H,35,38)/b25-23+,29-27+/t32-,33+/m0/s1. The van der Waals surface area contributed by atoms with Gasteiger partial charge in [0.05, 0.1) is 18.8 Å². The summed E-state index contributed by atoms with van der Waals surface area (Å²) in [5, 5.41) is 22.7. The zero-order valence-electron chi connectivity index (χ0n) is 25.4.